The van der Waals surface area contributed by atoms with Gasteiger partial charge in [0.1, 0.15) is 6.54 Å². The van der Waals surface area contributed by atoms with Crippen LogP contribution in [0.25, 0.3) is 0 Å². The molecular formula is C14H22ClF2N5. The molecule has 2 aromatic heterocycles. The number of aromatic nitrogens is 4. The minimum Gasteiger partial charge on any atom is -0.305 e. The molecular weight excluding hydrogens is 312 g/mol. The van der Waals surface area contributed by atoms with Gasteiger partial charge in [0.15, 0.2) is 0 Å². The number of nitrogens with one attached hydrogen (secondary N) is 1. The molecule has 2 heterocycles. The molecule has 0 fully saturated rings. The Kier molecular flexibility index (Phi) is 7.47. The van der Waals surface area contributed by atoms with Crippen molar-refractivity contribution in [1.29, 1.82) is 0 Å². The summed E-state index contributed by atoms with van der Waals surface area (Å²) in [6.07, 6.45) is 0.234. The van der Waals surface area contributed by atoms with Crippen molar-refractivity contribution in [3.05, 3.63) is 35.4 Å². The molecule has 2 rings (SSSR count). The standard InChI is InChI=1S/C14H21F2N5.ClH/c1-3-5-21-13(7-11(2)18-21)9-17-8-12-4-6-20(19-12)10-14(15)16;/h4,6-7,14,17H,3,5,8-10H2,1-2H3;1H. The summed E-state index contributed by atoms with van der Waals surface area (Å²) in [5.74, 6) is 0. The maximum absolute atomic E-state index is 12.2. The quantitative estimate of drug-likeness (QED) is 0.808. The molecule has 0 unspecified atom stereocenters. The maximum Gasteiger partial charge on any atom is 0.257 e. The lowest BCUT2D eigenvalue weighted by atomic mass is 10.3. The van der Waals surface area contributed by atoms with Crippen molar-refractivity contribution in [2.24, 2.45) is 0 Å². The monoisotopic (exact) mass is 333 g/mol. The first kappa shape index (κ1) is 18.6. The number of hydrogen-bond acceptors (Lipinski definition) is 3. The first-order valence-electron chi connectivity index (χ1n) is 7.13. The average molecular weight is 334 g/mol. The Morgan fingerprint density at radius 3 is 2.73 bits per heavy atom. The van der Waals surface area contributed by atoms with E-state index < -0.39 is 6.43 Å². The second kappa shape index (κ2) is 8.85. The van der Waals surface area contributed by atoms with Crippen LogP contribution in [0.3, 0.4) is 0 Å². The molecule has 124 valence electrons. The highest BCUT2D eigenvalue weighted by atomic mass is 35.5. The number of nitrogens with zero attached hydrogens (tertiary/aromatic N) is 4. The van der Waals surface area contributed by atoms with E-state index in [0.717, 1.165) is 30.0 Å². The Labute approximate surface area is 135 Å². The van der Waals surface area contributed by atoms with Crippen molar-refractivity contribution in [3.63, 3.8) is 0 Å². The summed E-state index contributed by atoms with van der Waals surface area (Å²) in [4.78, 5) is 0. The van der Waals surface area contributed by atoms with E-state index in [1.54, 1.807) is 12.3 Å². The molecule has 2 aromatic rings. The van der Waals surface area contributed by atoms with Crippen LogP contribution in [0.5, 0.6) is 0 Å². The van der Waals surface area contributed by atoms with Gasteiger partial charge in [-0.25, -0.2) is 8.78 Å². The van der Waals surface area contributed by atoms with Crippen LogP contribution in [0.15, 0.2) is 18.3 Å². The van der Waals surface area contributed by atoms with Gasteiger partial charge in [-0.15, -0.1) is 12.4 Å². The zero-order valence-electron chi connectivity index (χ0n) is 12.8. The van der Waals surface area contributed by atoms with Crippen molar-refractivity contribution in [3.8, 4) is 0 Å². The van der Waals surface area contributed by atoms with Crippen molar-refractivity contribution in [1.82, 2.24) is 24.9 Å². The van der Waals surface area contributed by atoms with Crippen LogP contribution in [0, 0.1) is 6.92 Å². The second-order valence-corrected chi connectivity index (χ2v) is 5.02. The third-order valence-corrected chi connectivity index (χ3v) is 3.05. The third-order valence-electron chi connectivity index (χ3n) is 3.05. The molecule has 0 aliphatic heterocycles. The smallest absolute Gasteiger partial charge is 0.257 e. The SMILES string of the molecule is CCCn1nc(C)cc1CNCc1ccn(CC(F)F)n1.Cl. The Morgan fingerprint density at radius 2 is 2.05 bits per heavy atom. The van der Waals surface area contributed by atoms with Gasteiger partial charge in [0.2, 0.25) is 0 Å². The highest BCUT2D eigenvalue weighted by Gasteiger charge is 2.07. The van der Waals surface area contributed by atoms with Crippen molar-refractivity contribution < 1.29 is 8.78 Å². The lowest BCUT2D eigenvalue weighted by molar-refractivity contribution is 0.121. The second-order valence-electron chi connectivity index (χ2n) is 5.02. The first-order valence-corrected chi connectivity index (χ1v) is 7.13. The van der Waals surface area contributed by atoms with E-state index in [1.807, 2.05) is 11.6 Å². The van der Waals surface area contributed by atoms with Gasteiger partial charge in [-0.1, -0.05) is 6.92 Å². The molecule has 5 nitrogen and oxygen atoms in total. The molecule has 8 heteroatoms. The number of aryl methyl sites for hydroxylation is 2. The molecule has 0 amide bonds. The van der Waals surface area contributed by atoms with Crippen LogP contribution < -0.4 is 5.32 Å². The lowest BCUT2D eigenvalue weighted by Crippen LogP contribution is -2.17. The van der Waals surface area contributed by atoms with E-state index in [1.165, 1.54) is 4.68 Å². The van der Waals surface area contributed by atoms with E-state index in [9.17, 15) is 8.78 Å². The van der Waals surface area contributed by atoms with Gasteiger partial charge in [-0.2, -0.15) is 10.2 Å². The van der Waals surface area contributed by atoms with Crippen LogP contribution in [0.1, 0.15) is 30.4 Å². The summed E-state index contributed by atoms with van der Waals surface area (Å²) in [7, 11) is 0. The number of hydrogen-bond donors (Lipinski definition) is 1. The molecule has 0 bridgehead atoms. The molecule has 0 aliphatic carbocycles. The van der Waals surface area contributed by atoms with Crippen LogP contribution in [0.4, 0.5) is 8.78 Å². The first-order chi connectivity index (χ1) is 10.1. The molecule has 0 atom stereocenters. The normalized spacial score (nSPS) is 11.0. The van der Waals surface area contributed by atoms with Crippen LogP contribution in [-0.2, 0) is 26.2 Å². The zero-order valence-corrected chi connectivity index (χ0v) is 13.6. The zero-order chi connectivity index (χ0) is 15.2. The Morgan fingerprint density at radius 1 is 1.27 bits per heavy atom. The summed E-state index contributed by atoms with van der Waals surface area (Å²) < 4.78 is 27.7. The molecule has 0 aromatic carbocycles. The minimum absolute atomic E-state index is 0. The molecule has 0 radical (unpaired) electrons. The van der Waals surface area contributed by atoms with Crippen molar-refractivity contribution in [2.75, 3.05) is 0 Å². The van der Waals surface area contributed by atoms with Crippen molar-refractivity contribution >= 4 is 12.4 Å². The molecule has 0 aliphatic rings. The van der Waals surface area contributed by atoms with Gasteiger partial charge in [0, 0.05) is 25.8 Å². The van der Waals surface area contributed by atoms with Crippen molar-refractivity contribution in [2.45, 2.75) is 52.9 Å². The van der Waals surface area contributed by atoms with E-state index in [-0.39, 0.29) is 19.0 Å². The molecule has 0 saturated carbocycles. The van der Waals surface area contributed by atoms with E-state index in [2.05, 4.69) is 28.5 Å². The highest BCUT2D eigenvalue weighted by molar-refractivity contribution is 5.85. The number of alkyl halides is 2. The molecule has 1 N–H and O–H groups in total. The van der Waals surface area contributed by atoms with Gasteiger partial charge in [0.25, 0.3) is 6.43 Å². The van der Waals surface area contributed by atoms with Gasteiger partial charge in [0.05, 0.1) is 17.1 Å². The van der Waals surface area contributed by atoms with E-state index in [0.29, 0.717) is 13.1 Å². The fraction of sp³-hybridized carbons (Fsp3) is 0.571. The summed E-state index contributed by atoms with van der Waals surface area (Å²) in [6.45, 7) is 5.86. The number of halogens is 3. The van der Waals surface area contributed by atoms with Gasteiger partial charge in [-0.3, -0.25) is 9.36 Å². The summed E-state index contributed by atoms with van der Waals surface area (Å²) in [5.41, 5.74) is 2.89. The topological polar surface area (TPSA) is 47.7 Å². The van der Waals surface area contributed by atoms with Gasteiger partial charge in [-0.05, 0) is 25.5 Å². The Bertz CT molecular complexity index is 567. The summed E-state index contributed by atoms with van der Waals surface area (Å²) >= 11 is 0. The maximum atomic E-state index is 12.2. The summed E-state index contributed by atoms with van der Waals surface area (Å²) in [6, 6.07) is 3.81. The highest BCUT2D eigenvalue weighted by Crippen LogP contribution is 2.05. The summed E-state index contributed by atoms with van der Waals surface area (Å²) in [5, 5.41) is 11.8. The van der Waals surface area contributed by atoms with Gasteiger partial charge < -0.3 is 5.32 Å². The molecule has 0 saturated heterocycles. The van der Waals surface area contributed by atoms with Crippen LogP contribution in [-0.4, -0.2) is 26.0 Å². The largest absolute Gasteiger partial charge is 0.305 e. The third kappa shape index (κ3) is 5.38. The number of rotatable bonds is 8. The fourth-order valence-corrected chi connectivity index (χ4v) is 2.21. The molecule has 0 spiro atoms. The van der Waals surface area contributed by atoms with Crippen LogP contribution in [0.2, 0.25) is 0 Å². The molecule has 22 heavy (non-hydrogen) atoms. The Balaban J connectivity index is 0.00000242. The van der Waals surface area contributed by atoms with Gasteiger partial charge >= 0.3 is 0 Å². The predicted octanol–water partition coefficient (Wildman–Crippen LogP) is 2.77. The van der Waals surface area contributed by atoms with E-state index >= 15 is 0 Å². The Hall–Kier alpha value is -1.47. The average Bonchev–Trinajstić information content (AvgIpc) is 2.97. The predicted molar refractivity (Wildman–Crippen MR) is 83.3 cm³/mol. The lowest BCUT2D eigenvalue weighted by Gasteiger charge is -2.06. The fourth-order valence-electron chi connectivity index (χ4n) is 2.21. The van der Waals surface area contributed by atoms with Crippen LogP contribution >= 0.6 is 12.4 Å². The minimum atomic E-state index is -2.38. The van der Waals surface area contributed by atoms with E-state index in [4.69, 9.17) is 0 Å².